The van der Waals surface area contributed by atoms with E-state index in [0.717, 1.165) is 11.3 Å². The van der Waals surface area contributed by atoms with Crippen LogP contribution in [0.3, 0.4) is 0 Å². The molecular formula is C21H21FN4O2. The lowest BCUT2D eigenvalue weighted by molar-refractivity contribution is -0.117. The van der Waals surface area contributed by atoms with Crippen LogP contribution >= 0.6 is 0 Å². The van der Waals surface area contributed by atoms with Gasteiger partial charge in [0.25, 0.3) is 5.89 Å². The SMILES string of the molecule is Cc1cc(N2CC(c3noc(-c4ccc(N(C)C)cc4)n3)CC2=O)ccc1F. The molecule has 1 unspecified atom stereocenters. The average Bonchev–Trinajstić information content (AvgIpc) is 3.31. The van der Waals surface area contributed by atoms with E-state index in [0.29, 0.717) is 35.9 Å². The predicted octanol–water partition coefficient (Wildman–Crippen LogP) is 3.77. The summed E-state index contributed by atoms with van der Waals surface area (Å²) in [6.45, 7) is 2.13. The van der Waals surface area contributed by atoms with Crippen LogP contribution in [0.4, 0.5) is 15.8 Å². The van der Waals surface area contributed by atoms with Crippen molar-refractivity contribution in [2.45, 2.75) is 19.3 Å². The van der Waals surface area contributed by atoms with Gasteiger partial charge in [-0.3, -0.25) is 4.79 Å². The molecule has 0 aliphatic carbocycles. The van der Waals surface area contributed by atoms with Gasteiger partial charge in [0.2, 0.25) is 5.91 Å². The van der Waals surface area contributed by atoms with Crippen LogP contribution in [-0.4, -0.2) is 36.7 Å². The van der Waals surface area contributed by atoms with Gasteiger partial charge in [0, 0.05) is 49.9 Å². The van der Waals surface area contributed by atoms with Gasteiger partial charge in [-0.25, -0.2) is 4.39 Å². The molecule has 1 aliphatic rings. The Hall–Kier alpha value is -3.22. The highest BCUT2D eigenvalue weighted by Gasteiger charge is 2.34. The number of amides is 1. The minimum Gasteiger partial charge on any atom is -0.378 e. The molecule has 1 amide bonds. The lowest BCUT2D eigenvalue weighted by atomic mass is 10.1. The first-order chi connectivity index (χ1) is 13.4. The van der Waals surface area contributed by atoms with Crippen molar-refractivity contribution in [3.63, 3.8) is 0 Å². The number of hydrogen-bond acceptors (Lipinski definition) is 5. The number of aryl methyl sites for hydroxylation is 1. The number of anilines is 2. The van der Waals surface area contributed by atoms with Crippen molar-refractivity contribution in [1.29, 1.82) is 0 Å². The first-order valence-corrected chi connectivity index (χ1v) is 9.10. The van der Waals surface area contributed by atoms with Crippen LogP contribution in [0.5, 0.6) is 0 Å². The van der Waals surface area contributed by atoms with E-state index >= 15 is 0 Å². The molecule has 0 radical (unpaired) electrons. The Morgan fingerprint density at radius 3 is 2.61 bits per heavy atom. The summed E-state index contributed by atoms with van der Waals surface area (Å²) < 4.78 is 18.9. The topological polar surface area (TPSA) is 62.5 Å². The molecule has 28 heavy (non-hydrogen) atoms. The van der Waals surface area contributed by atoms with Gasteiger partial charge in [0.15, 0.2) is 5.82 Å². The summed E-state index contributed by atoms with van der Waals surface area (Å²) in [7, 11) is 3.95. The van der Waals surface area contributed by atoms with Crippen molar-refractivity contribution >= 4 is 17.3 Å². The van der Waals surface area contributed by atoms with Crippen molar-refractivity contribution in [2.24, 2.45) is 0 Å². The first kappa shape index (κ1) is 18.2. The maximum Gasteiger partial charge on any atom is 0.257 e. The summed E-state index contributed by atoms with van der Waals surface area (Å²) in [5.41, 5.74) is 3.11. The smallest absolute Gasteiger partial charge is 0.257 e. The van der Waals surface area contributed by atoms with Gasteiger partial charge in [-0.05, 0) is 55.0 Å². The number of benzene rings is 2. The fourth-order valence-corrected chi connectivity index (χ4v) is 3.35. The third-order valence-electron chi connectivity index (χ3n) is 5.02. The summed E-state index contributed by atoms with van der Waals surface area (Å²) in [5.74, 6) is 0.481. The summed E-state index contributed by atoms with van der Waals surface area (Å²) in [5, 5.41) is 4.09. The summed E-state index contributed by atoms with van der Waals surface area (Å²) in [6.07, 6.45) is 0.301. The van der Waals surface area contributed by atoms with Crippen molar-refractivity contribution < 1.29 is 13.7 Å². The zero-order valence-corrected chi connectivity index (χ0v) is 16.0. The normalized spacial score (nSPS) is 16.6. The van der Waals surface area contributed by atoms with Gasteiger partial charge in [-0.2, -0.15) is 4.98 Å². The molecule has 0 N–H and O–H groups in total. The Morgan fingerprint density at radius 2 is 1.93 bits per heavy atom. The van der Waals surface area contributed by atoms with Crippen LogP contribution < -0.4 is 9.80 Å². The summed E-state index contributed by atoms with van der Waals surface area (Å²) in [6, 6.07) is 12.5. The van der Waals surface area contributed by atoms with Crippen LogP contribution in [0.25, 0.3) is 11.5 Å². The summed E-state index contributed by atoms with van der Waals surface area (Å²) >= 11 is 0. The Labute approximate surface area is 162 Å². The summed E-state index contributed by atoms with van der Waals surface area (Å²) in [4.78, 5) is 20.6. The van der Waals surface area contributed by atoms with Crippen molar-refractivity contribution in [3.05, 3.63) is 59.7 Å². The molecule has 1 fully saturated rings. The van der Waals surface area contributed by atoms with E-state index in [2.05, 4.69) is 10.1 Å². The second-order valence-electron chi connectivity index (χ2n) is 7.24. The predicted molar refractivity (Wildman–Crippen MR) is 105 cm³/mol. The van der Waals surface area contributed by atoms with Crippen LogP contribution in [0.15, 0.2) is 47.0 Å². The molecule has 0 bridgehead atoms. The molecule has 3 aromatic rings. The number of nitrogens with zero attached hydrogens (tertiary/aromatic N) is 4. The monoisotopic (exact) mass is 380 g/mol. The van der Waals surface area contributed by atoms with Gasteiger partial charge in [-0.15, -0.1) is 0 Å². The standard InChI is InChI=1S/C21H21FN4O2/c1-13-10-17(8-9-18(13)22)26-12-15(11-19(26)27)20-23-21(28-24-20)14-4-6-16(7-5-14)25(2)3/h4-10,15H,11-12H2,1-3H3. The van der Waals surface area contributed by atoms with E-state index in [-0.39, 0.29) is 17.6 Å². The Kier molecular flexibility index (Phi) is 4.58. The number of aromatic nitrogens is 2. The van der Waals surface area contributed by atoms with E-state index in [1.807, 2.05) is 43.3 Å². The van der Waals surface area contributed by atoms with Crippen molar-refractivity contribution in [3.8, 4) is 11.5 Å². The van der Waals surface area contributed by atoms with Crippen molar-refractivity contribution in [2.75, 3.05) is 30.4 Å². The molecule has 2 heterocycles. The third kappa shape index (κ3) is 3.35. The third-order valence-corrected chi connectivity index (χ3v) is 5.02. The number of hydrogen-bond donors (Lipinski definition) is 0. The number of carbonyl (C=O) groups is 1. The van der Waals surface area contributed by atoms with Gasteiger partial charge in [0.1, 0.15) is 5.82 Å². The minimum atomic E-state index is -0.282. The van der Waals surface area contributed by atoms with Crippen LogP contribution in [0, 0.1) is 12.7 Å². The van der Waals surface area contributed by atoms with Crippen molar-refractivity contribution in [1.82, 2.24) is 10.1 Å². The molecular weight excluding hydrogens is 359 g/mol. The molecule has 144 valence electrons. The fraction of sp³-hybridized carbons (Fsp3) is 0.286. The molecule has 1 aromatic heterocycles. The van der Waals surface area contributed by atoms with Gasteiger partial charge in [0.05, 0.1) is 0 Å². The molecule has 1 atom stereocenters. The molecule has 0 saturated carbocycles. The van der Waals surface area contributed by atoms with Gasteiger partial charge in [-0.1, -0.05) is 5.16 Å². The quantitative estimate of drug-likeness (QED) is 0.689. The number of carbonyl (C=O) groups excluding carboxylic acids is 1. The fourth-order valence-electron chi connectivity index (χ4n) is 3.35. The van der Waals surface area contributed by atoms with Crippen LogP contribution in [0.2, 0.25) is 0 Å². The van der Waals surface area contributed by atoms with E-state index in [9.17, 15) is 9.18 Å². The first-order valence-electron chi connectivity index (χ1n) is 9.10. The molecule has 0 spiro atoms. The number of halogens is 1. The van der Waals surface area contributed by atoms with E-state index in [1.165, 1.54) is 6.07 Å². The highest BCUT2D eigenvalue weighted by atomic mass is 19.1. The lowest BCUT2D eigenvalue weighted by Crippen LogP contribution is -2.24. The highest BCUT2D eigenvalue weighted by Crippen LogP contribution is 2.32. The second-order valence-corrected chi connectivity index (χ2v) is 7.24. The number of rotatable bonds is 4. The molecule has 1 aliphatic heterocycles. The van der Waals surface area contributed by atoms with E-state index < -0.39 is 0 Å². The molecule has 6 nitrogen and oxygen atoms in total. The van der Waals surface area contributed by atoms with E-state index in [1.54, 1.807) is 24.0 Å². The largest absolute Gasteiger partial charge is 0.378 e. The Bertz CT molecular complexity index is 1010. The van der Waals surface area contributed by atoms with Gasteiger partial charge < -0.3 is 14.3 Å². The van der Waals surface area contributed by atoms with Crippen LogP contribution in [-0.2, 0) is 4.79 Å². The van der Waals surface area contributed by atoms with Crippen LogP contribution in [0.1, 0.15) is 23.7 Å². The average molecular weight is 380 g/mol. The molecule has 7 heteroatoms. The maximum atomic E-state index is 13.5. The minimum absolute atomic E-state index is 0.0299. The molecule has 2 aromatic carbocycles. The van der Waals surface area contributed by atoms with E-state index in [4.69, 9.17) is 4.52 Å². The van der Waals surface area contributed by atoms with Gasteiger partial charge >= 0.3 is 0 Å². The zero-order valence-electron chi connectivity index (χ0n) is 16.0. The zero-order chi connectivity index (χ0) is 19.8. The molecule has 4 rings (SSSR count). The second kappa shape index (κ2) is 7.07. The molecule has 1 saturated heterocycles. The highest BCUT2D eigenvalue weighted by molar-refractivity contribution is 5.96. The Balaban J connectivity index is 1.53. The lowest BCUT2D eigenvalue weighted by Gasteiger charge is -2.16. The Morgan fingerprint density at radius 1 is 1.18 bits per heavy atom. The maximum absolute atomic E-state index is 13.5.